The summed E-state index contributed by atoms with van der Waals surface area (Å²) in [4.78, 5) is 29.3. The molecule has 3 heterocycles. The van der Waals surface area contributed by atoms with E-state index in [1.54, 1.807) is 42.6 Å². The van der Waals surface area contributed by atoms with Gasteiger partial charge in [-0.1, -0.05) is 6.58 Å². The van der Waals surface area contributed by atoms with E-state index in [0.717, 1.165) is 16.8 Å². The van der Waals surface area contributed by atoms with Crippen molar-refractivity contribution in [3.05, 3.63) is 84.5 Å². The first-order valence-electron chi connectivity index (χ1n) is 11.9. The molecule has 3 aromatic heterocycles. The summed E-state index contributed by atoms with van der Waals surface area (Å²) in [5.74, 6) is 0.674. The van der Waals surface area contributed by atoms with Crippen molar-refractivity contribution in [3.63, 3.8) is 0 Å². The quantitative estimate of drug-likeness (QED) is 0.199. The van der Waals surface area contributed by atoms with Crippen molar-refractivity contribution in [3.8, 4) is 28.0 Å². The van der Waals surface area contributed by atoms with Crippen molar-refractivity contribution in [2.24, 2.45) is 0 Å². The number of carbonyl (C=O) groups is 1. The molecule has 0 aliphatic carbocycles. The Morgan fingerprint density at radius 2 is 1.95 bits per heavy atom. The van der Waals surface area contributed by atoms with Crippen molar-refractivity contribution in [1.29, 1.82) is 0 Å². The number of thiazole rings is 1. The number of fused-ring (bicyclic) bond motifs is 1. The molecular weight excluding hydrogens is 519 g/mol. The topological polar surface area (TPSA) is 111 Å². The molecule has 11 heteroatoms. The number of nitrogens with one attached hydrogen (secondary N) is 2. The van der Waals surface area contributed by atoms with Crippen LogP contribution in [0.2, 0.25) is 0 Å². The van der Waals surface area contributed by atoms with E-state index >= 15 is 4.39 Å². The third-order valence-electron chi connectivity index (χ3n) is 5.48. The molecule has 0 aliphatic heterocycles. The number of nitrogens with zero attached hydrogens (tertiary/aromatic N) is 4. The Morgan fingerprint density at radius 1 is 1.10 bits per heavy atom. The first-order valence-corrected chi connectivity index (χ1v) is 12.8. The van der Waals surface area contributed by atoms with E-state index in [1.165, 1.54) is 23.7 Å². The lowest BCUT2D eigenvalue weighted by atomic mass is 10.1. The summed E-state index contributed by atoms with van der Waals surface area (Å²) < 4.78 is 26.7. The van der Waals surface area contributed by atoms with Crippen molar-refractivity contribution in [2.45, 2.75) is 13.8 Å². The molecule has 0 fully saturated rings. The molecule has 2 aromatic carbocycles. The predicted molar refractivity (Wildman–Crippen MR) is 149 cm³/mol. The molecule has 0 aliphatic rings. The highest BCUT2D eigenvalue weighted by molar-refractivity contribution is 7.13. The average molecular weight is 543 g/mol. The summed E-state index contributed by atoms with van der Waals surface area (Å²) in [7, 11) is 0. The second-order valence-electron chi connectivity index (χ2n) is 8.25. The number of rotatable bonds is 9. The lowest BCUT2D eigenvalue weighted by Crippen LogP contribution is -2.09. The monoisotopic (exact) mass is 542 g/mol. The van der Waals surface area contributed by atoms with Crippen molar-refractivity contribution >= 4 is 45.3 Å². The van der Waals surface area contributed by atoms with E-state index in [-0.39, 0.29) is 5.69 Å². The predicted octanol–water partition coefficient (Wildman–Crippen LogP) is 6.65. The number of amides is 1. The van der Waals surface area contributed by atoms with Gasteiger partial charge in [0.25, 0.3) is 0 Å². The summed E-state index contributed by atoms with van der Waals surface area (Å²) in [6, 6.07) is 11.3. The maximum atomic E-state index is 15.2. The fraction of sp³-hybridized carbons (Fsp3) is 0.107. The summed E-state index contributed by atoms with van der Waals surface area (Å²) in [6.07, 6.45) is 4.14. The van der Waals surface area contributed by atoms with Crippen LogP contribution in [0.1, 0.15) is 12.6 Å². The average Bonchev–Trinajstić information content (AvgIpc) is 3.37. The SMILES string of the molecule is C=CC(=O)Nc1cc2c(Nc3ccc(Oc4ccnc(-c5nc(C)cs5)c4)cc3F)ncnc2cc1OCC. The van der Waals surface area contributed by atoms with Gasteiger partial charge in [-0.15, -0.1) is 11.3 Å². The van der Waals surface area contributed by atoms with Gasteiger partial charge in [0.2, 0.25) is 5.91 Å². The largest absolute Gasteiger partial charge is 0.492 e. The Kier molecular flexibility index (Phi) is 7.41. The third kappa shape index (κ3) is 5.83. The van der Waals surface area contributed by atoms with Gasteiger partial charge in [-0.05, 0) is 44.2 Å². The molecule has 39 heavy (non-hydrogen) atoms. The highest BCUT2D eigenvalue weighted by Gasteiger charge is 2.14. The molecule has 5 rings (SSSR count). The van der Waals surface area contributed by atoms with Crippen LogP contribution in [0.25, 0.3) is 21.6 Å². The zero-order valence-corrected chi connectivity index (χ0v) is 21.9. The molecule has 9 nitrogen and oxygen atoms in total. The maximum Gasteiger partial charge on any atom is 0.247 e. The fourth-order valence-corrected chi connectivity index (χ4v) is 4.49. The van der Waals surface area contributed by atoms with Crippen LogP contribution < -0.4 is 20.1 Å². The van der Waals surface area contributed by atoms with Gasteiger partial charge < -0.3 is 20.1 Å². The van der Waals surface area contributed by atoms with Crippen molar-refractivity contribution in [2.75, 3.05) is 17.2 Å². The molecule has 196 valence electrons. The molecule has 1 amide bonds. The number of ether oxygens (including phenoxy) is 2. The Bertz CT molecular complexity index is 1690. The first kappa shape index (κ1) is 25.7. The first-order chi connectivity index (χ1) is 18.9. The Labute approximate surface area is 227 Å². The lowest BCUT2D eigenvalue weighted by Gasteiger charge is -2.14. The molecule has 0 atom stereocenters. The van der Waals surface area contributed by atoms with Gasteiger partial charge in [-0.3, -0.25) is 9.78 Å². The van der Waals surface area contributed by atoms with Crippen molar-refractivity contribution < 1.29 is 18.7 Å². The van der Waals surface area contributed by atoms with Crippen LogP contribution in [0.3, 0.4) is 0 Å². The van der Waals surface area contributed by atoms with Crippen LogP contribution in [-0.4, -0.2) is 32.4 Å². The van der Waals surface area contributed by atoms with E-state index in [4.69, 9.17) is 9.47 Å². The Morgan fingerprint density at radius 3 is 2.69 bits per heavy atom. The minimum Gasteiger partial charge on any atom is -0.492 e. The highest BCUT2D eigenvalue weighted by atomic mass is 32.1. The summed E-state index contributed by atoms with van der Waals surface area (Å²) in [6.45, 7) is 7.63. The lowest BCUT2D eigenvalue weighted by molar-refractivity contribution is -0.111. The van der Waals surface area contributed by atoms with Crippen LogP contribution in [0.15, 0.2) is 73.0 Å². The number of aromatic nitrogens is 4. The minimum atomic E-state index is -0.546. The van der Waals surface area contributed by atoms with Crippen molar-refractivity contribution in [1.82, 2.24) is 19.9 Å². The molecule has 2 N–H and O–H groups in total. The number of benzene rings is 2. The molecule has 0 bridgehead atoms. The number of hydrogen-bond acceptors (Lipinski definition) is 9. The minimum absolute atomic E-state index is 0.182. The second kappa shape index (κ2) is 11.2. The van der Waals surface area contributed by atoms with E-state index < -0.39 is 11.7 Å². The van der Waals surface area contributed by atoms with Crippen LogP contribution in [-0.2, 0) is 4.79 Å². The van der Waals surface area contributed by atoms with Crippen LogP contribution >= 0.6 is 11.3 Å². The molecule has 5 aromatic rings. The number of aryl methyl sites for hydroxylation is 1. The van der Waals surface area contributed by atoms with Crippen LogP contribution in [0.4, 0.5) is 21.6 Å². The van der Waals surface area contributed by atoms with Gasteiger partial charge in [0.15, 0.2) is 0 Å². The van der Waals surface area contributed by atoms with E-state index in [9.17, 15) is 4.79 Å². The van der Waals surface area contributed by atoms with Crippen LogP contribution in [0, 0.1) is 12.7 Å². The zero-order chi connectivity index (χ0) is 27.4. The summed E-state index contributed by atoms with van der Waals surface area (Å²) in [5, 5.41) is 9.02. The second-order valence-corrected chi connectivity index (χ2v) is 9.11. The smallest absolute Gasteiger partial charge is 0.247 e. The number of pyridine rings is 1. The van der Waals surface area contributed by atoms with Gasteiger partial charge in [0.1, 0.15) is 45.9 Å². The molecule has 0 unspecified atom stereocenters. The molecule has 0 saturated heterocycles. The molecule has 0 saturated carbocycles. The Hall–Kier alpha value is -4.90. The van der Waals surface area contributed by atoms with Gasteiger partial charge in [-0.2, -0.15) is 0 Å². The normalized spacial score (nSPS) is 10.7. The molecule has 0 radical (unpaired) electrons. The van der Waals surface area contributed by atoms with Gasteiger partial charge in [0.05, 0.1) is 23.5 Å². The number of hydrogen-bond donors (Lipinski definition) is 2. The van der Waals surface area contributed by atoms with E-state index in [1.807, 2.05) is 19.2 Å². The standard InChI is InChI=1S/C28H23FN6O3S/c1-4-26(36)34-23-12-19-22(13-25(23)37-5-2)31-15-32-27(19)35-21-7-6-17(10-20(21)29)38-18-8-9-30-24(11-18)28-33-16(3)14-39-28/h4,6-15H,1,5H2,2-3H3,(H,34,36)(H,31,32,35). The van der Waals surface area contributed by atoms with E-state index in [0.29, 0.717) is 52.0 Å². The fourth-order valence-electron chi connectivity index (χ4n) is 3.73. The molecular formula is C28H23FN6O3S. The van der Waals surface area contributed by atoms with Gasteiger partial charge in [-0.25, -0.2) is 19.3 Å². The number of halogens is 1. The van der Waals surface area contributed by atoms with E-state index in [2.05, 4.69) is 37.1 Å². The third-order valence-corrected chi connectivity index (χ3v) is 6.46. The van der Waals surface area contributed by atoms with Gasteiger partial charge in [0, 0.05) is 40.9 Å². The summed E-state index contributed by atoms with van der Waals surface area (Å²) >= 11 is 1.49. The van der Waals surface area contributed by atoms with Crippen LogP contribution in [0.5, 0.6) is 17.2 Å². The maximum absolute atomic E-state index is 15.2. The van der Waals surface area contributed by atoms with Gasteiger partial charge >= 0.3 is 0 Å². The highest BCUT2D eigenvalue weighted by Crippen LogP contribution is 2.35. The number of carbonyl (C=O) groups excluding carboxylic acids is 1. The Balaban J connectivity index is 1.40. The summed E-state index contributed by atoms with van der Waals surface area (Å²) in [5.41, 5.74) is 2.74. The molecule has 0 spiro atoms. The zero-order valence-electron chi connectivity index (χ0n) is 21.1. The number of anilines is 3.